The summed E-state index contributed by atoms with van der Waals surface area (Å²) < 4.78 is 6.42. The number of nitrogens with zero attached hydrogens (tertiary/aromatic N) is 2. The topological polar surface area (TPSA) is 157 Å². The Labute approximate surface area is 102 Å². The van der Waals surface area contributed by atoms with Crippen molar-refractivity contribution in [2.75, 3.05) is 12.3 Å². The first-order valence-electron chi connectivity index (χ1n) is 5.22. The number of nitrogens with two attached hydrogens (primary N) is 2. The van der Waals surface area contributed by atoms with Gasteiger partial charge in [0.05, 0.1) is 12.9 Å². The Kier molecular flexibility index (Phi) is 3.22. The van der Waals surface area contributed by atoms with Crippen LogP contribution in [0.25, 0.3) is 0 Å². The molecule has 0 spiro atoms. The number of carbonyl (C=O) groups excluding carboxylic acids is 1. The second-order valence-electron chi connectivity index (χ2n) is 3.98. The highest BCUT2D eigenvalue weighted by atomic mass is 16.6. The number of hydrogen-bond donors (Lipinski definition) is 5. The van der Waals surface area contributed by atoms with Gasteiger partial charge in [-0.3, -0.25) is 9.36 Å². The normalized spacial score (nSPS) is 31.7. The summed E-state index contributed by atoms with van der Waals surface area (Å²) in [5.74, 6) is -0.879. The van der Waals surface area contributed by atoms with Gasteiger partial charge in [-0.1, -0.05) is 0 Å². The highest BCUT2D eigenvalue weighted by Gasteiger charge is 2.44. The SMILES string of the molecule is NC(=O)c1ncn([C@H]2O[C@H](CO)[C@@H](O)[C@H]2O)c1N. The standard InChI is InChI=1S/C9H14N4O5/c10-7-4(8(11)17)12-2-13(7)9-6(16)5(15)3(1-14)18-9/h2-3,5-6,9,14-16H,1,10H2,(H2,11,17)/t3-,5-,6-,9+/m1/s1. The van der Waals surface area contributed by atoms with Gasteiger partial charge in [0.25, 0.3) is 5.91 Å². The van der Waals surface area contributed by atoms with Crippen LogP contribution >= 0.6 is 0 Å². The maximum absolute atomic E-state index is 11.0. The maximum Gasteiger partial charge on any atom is 0.271 e. The molecule has 4 atom stereocenters. The monoisotopic (exact) mass is 258 g/mol. The Morgan fingerprint density at radius 1 is 1.50 bits per heavy atom. The van der Waals surface area contributed by atoms with Gasteiger partial charge in [-0.25, -0.2) is 4.98 Å². The number of aliphatic hydroxyl groups is 3. The van der Waals surface area contributed by atoms with E-state index in [1.54, 1.807) is 0 Å². The van der Waals surface area contributed by atoms with Crippen molar-refractivity contribution < 1.29 is 24.9 Å². The van der Waals surface area contributed by atoms with Crippen LogP contribution in [0.1, 0.15) is 16.7 Å². The zero-order chi connectivity index (χ0) is 13.4. The summed E-state index contributed by atoms with van der Waals surface area (Å²) in [6.45, 7) is -0.452. The van der Waals surface area contributed by atoms with Crippen LogP contribution < -0.4 is 11.5 Å². The number of aromatic nitrogens is 2. The summed E-state index contributed by atoms with van der Waals surface area (Å²) in [7, 11) is 0. The molecule has 2 rings (SSSR count). The second kappa shape index (κ2) is 4.53. The number of primary amides is 1. The van der Waals surface area contributed by atoms with Gasteiger partial charge in [0.15, 0.2) is 11.9 Å². The van der Waals surface area contributed by atoms with Gasteiger partial charge in [0, 0.05) is 0 Å². The molecule has 9 nitrogen and oxygen atoms in total. The fourth-order valence-electron chi connectivity index (χ4n) is 1.87. The van der Waals surface area contributed by atoms with Crippen molar-refractivity contribution in [2.45, 2.75) is 24.5 Å². The van der Waals surface area contributed by atoms with Crippen LogP contribution in [0.3, 0.4) is 0 Å². The number of aliphatic hydroxyl groups excluding tert-OH is 3. The smallest absolute Gasteiger partial charge is 0.271 e. The van der Waals surface area contributed by atoms with Gasteiger partial charge in [-0.05, 0) is 0 Å². The average molecular weight is 258 g/mol. The molecule has 7 N–H and O–H groups in total. The predicted molar refractivity (Wildman–Crippen MR) is 58.2 cm³/mol. The molecule has 1 aliphatic rings. The van der Waals surface area contributed by atoms with Crippen molar-refractivity contribution in [2.24, 2.45) is 5.73 Å². The molecule has 1 fully saturated rings. The zero-order valence-corrected chi connectivity index (χ0v) is 9.30. The summed E-state index contributed by atoms with van der Waals surface area (Å²) in [5.41, 5.74) is 10.6. The van der Waals surface area contributed by atoms with Crippen LogP contribution in [0, 0.1) is 0 Å². The number of ether oxygens (including phenoxy) is 1. The van der Waals surface area contributed by atoms with E-state index in [4.69, 9.17) is 21.3 Å². The molecule has 1 aliphatic heterocycles. The first-order valence-corrected chi connectivity index (χ1v) is 5.22. The molecule has 1 aromatic heterocycles. The molecule has 9 heteroatoms. The molecular weight excluding hydrogens is 244 g/mol. The molecule has 18 heavy (non-hydrogen) atoms. The van der Waals surface area contributed by atoms with Crippen molar-refractivity contribution in [3.8, 4) is 0 Å². The quantitative estimate of drug-likeness (QED) is 0.391. The van der Waals surface area contributed by atoms with Crippen LogP contribution in [0.5, 0.6) is 0 Å². The Bertz CT molecular complexity index is 462. The van der Waals surface area contributed by atoms with Gasteiger partial charge in [-0.2, -0.15) is 0 Å². The number of imidazole rings is 1. The molecule has 0 bridgehead atoms. The summed E-state index contributed by atoms with van der Waals surface area (Å²) in [5, 5.41) is 28.3. The Morgan fingerprint density at radius 2 is 2.17 bits per heavy atom. The highest BCUT2D eigenvalue weighted by Crippen LogP contribution is 2.31. The third kappa shape index (κ3) is 1.82. The van der Waals surface area contributed by atoms with Gasteiger partial charge < -0.3 is 31.5 Å². The average Bonchev–Trinajstić information content (AvgIpc) is 2.82. The van der Waals surface area contributed by atoms with Crippen LogP contribution in [-0.2, 0) is 4.74 Å². The maximum atomic E-state index is 11.0. The van der Waals surface area contributed by atoms with Crippen LogP contribution in [0.4, 0.5) is 5.82 Å². The van der Waals surface area contributed by atoms with Gasteiger partial charge >= 0.3 is 0 Å². The van der Waals surface area contributed by atoms with E-state index in [1.165, 1.54) is 10.9 Å². The highest BCUT2D eigenvalue weighted by molar-refractivity contribution is 5.95. The van der Waals surface area contributed by atoms with Crippen LogP contribution in [0.2, 0.25) is 0 Å². The van der Waals surface area contributed by atoms with E-state index in [2.05, 4.69) is 4.98 Å². The van der Waals surface area contributed by atoms with Gasteiger partial charge in [-0.15, -0.1) is 0 Å². The third-order valence-corrected chi connectivity index (χ3v) is 2.86. The van der Waals surface area contributed by atoms with Crippen molar-refractivity contribution in [1.29, 1.82) is 0 Å². The van der Waals surface area contributed by atoms with E-state index < -0.39 is 37.1 Å². The molecule has 100 valence electrons. The molecule has 1 aromatic rings. The van der Waals surface area contributed by atoms with Crippen LogP contribution in [-0.4, -0.2) is 55.7 Å². The number of carbonyl (C=O) groups is 1. The fraction of sp³-hybridized carbons (Fsp3) is 0.556. The lowest BCUT2D eigenvalue weighted by Gasteiger charge is -2.17. The molecule has 1 amide bonds. The summed E-state index contributed by atoms with van der Waals surface area (Å²) >= 11 is 0. The van der Waals surface area contributed by atoms with E-state index in [-0.39, 0.29) is 11.5 Å². The largest absolute Gasteiger partial charge is 0.394 e. The molecule has 0 radical (unpaired) electrons. The van der Waals surface area contributed by atoms with Crippen molar-refractivity contribution in [3.63, 3.8) is 0 Å². The molecule has 2 heterocycles. The summed E-state index contributed by atoms with van der Waals surface area (Å²) in [6.07, 6.45) is -3.32. The number of anilines is 1. The fourth-order valence-corrected chi connectivity index (χ4v) is 1.87. The predicted octanol–water partition coefficient (Wildman–Crippen LogP) is -2.82. The minimum absolute atomic E-state index is 0.0719. The molecule has 1 saturated heterocycles. The number of nitrogen functional groups attached to an aromatic ring is 1. The lowest BCUT2D eigenvalue weighted by molar-refractivity contribution is -0.0518. The minimum Gasteiger partial charge on any atom is -0.394 e. The lowest BCUT2D eigenvalue weighted by atomic mass is 10.1. The molecule has 0 aliphatic carbocycles. The Morgan fingerprint density at radius 3 is 2.61 bits per heavy atom. The summed E-state index contributed by atoms with van der Waals surface area (Å²) in [4.78, 5) is 14.7. The minimum atomic E-state index is -1.29. The first-order chi connectivity index (χ1) is 8.47. The molecule has 0 unspecified atom stereocenters. The third-order valence-electron chi connectivity index (χ3n) is 2.86. The second-order valence-corrected chi connectivity index (χ2v) is 3.98. The lowest BCUT2D eigenvalue weighted by Crippen LogP contribution is -2.33. The van der Waals surface area contributed by atoms with E-state index in [1.807, 2.05) is 0 Å². The molecular formula is C9H14N4O5. The van der Waals surface area contributed by atoms with Crippen molar-refractivity contribution in [3.05, 3.63) is 12.0 Å². The van der Waals surface area contributed by atoms with Gasteiger partial charge in [0.2, 0.25) is 0 Å². The Hall–Kier alpha value is -1.68. The van der Waals surface area contributed by atoms with Crippen molar-refractivity contribution in [1.82, 2.24) is 9.55 Å². The molecule has 0 aromatic carbocycles. The van der Waals surface area contributed by atoms with Crippen molar-refractivity contribution >= 4 is 11.7 Å². The Balaban J connectivity index is 2.30. The number of amides is 1. The van der Waals surface area contributed by atoms with E-state index >= 15 is 0 Å². The summed E-state index contributed by atoms with van der Waals surface area (Å²) in [6, 6.07) is 0. The molecule has 0 saturated carbocycles. The van der Waals surface area contributed by atoms with Crippen LogP contribution in [0.15, 0.2) is 6.33 Å². The number of hydrogen-bond acceptors (Lipinski definition) is 7. The number of rotatable bonds is 3. The van der Waals surface area contributed by atoms with E-state index in [9.17, 15) is 15.0 Å². The first kappa shape index (κ1) is 12.8. The van der Waals surface area contributed by atoms with E-state index in [0.717, 1.165) is 0 Å². The van der Waals surface area contributed by atoms with Gasteiger partial charge in [0.1, 0.15) is 24.1 Å². The zero-order valence-electron chi connectivity index (χ0n) is 9.30. The van der Waals surface area contributed by atoms with E-state index in [0.29, 0.717) is 0 Å².